The van der Waals surface area contributed by atoms with Crippen LogP contribution in [0, 0.1) is 12.8 Å². The van der Waals surface area contributed by atoms with Gasteiger partial charge >= 0.3 is 0 Å². The molecule has 2 rings (SSSR count). The monoisotopic (exact) mass is 275 g/mol. The summed E-state index contributed by atoms with van der Waals surface area (Å²) in [5, 5.41) is 4.27. The fraction of sp³-hybridized carbons (Fsp3) is 0.467. The third-order valence-electron chi connectivity index (χ3n) is 2.95. The molecular formula is C15H21N3S. The highest BCUT2D eigenvalue weighted by atomic mass is 32.1. The lowest BCUT2D eigenvalue weighted by molar-refractivity contribution is 0.607. The Kier molecular flexibility index (Phi) is 4.91. The molecule has 0 spiro atoms. The van der Waals surface area contributed by atoms with E-state index in [0.29, 0.717) is 5.92 Å². The lowest BCUT2D eigenvalue weighted by Crippen LogP contribution is -2.04. The molecule has 19 heavy (non-hydrogen) atoms. The Hall–Kier alpha value is -1.42. The number of hydrogen-bond donors (Lipinski definition) is 1. The maximum Gasteiger partial charge on any atom is 0.202 e. The predicted molar refractivity (Wildman–Crippen MR) is 81.8 cm³/mol. The van der Waals surface area contributed by atoms with Crippen LogP contribution < -0.4 is 5.32 Å². The Labute approximate surface area is 119 Å². The number of hydrogen-bond acceptors (Lipinski definition) is 4. The summed E-state index contributed by atoms with van der Waals surface area (Å²) in [7, 11) is 0. The zero-order valence-corrected chi connectivity index (χ0v) is 12.6. The SMILES string of the molecule is Cc1ccc(Cc2nsc(NCCC(C)C)n2)cc1. The molecule has 0 bridgehead atoms. The maximum absolute atomic E-state index is 4.52. The second-order valence-electron chi connectivity index (χ2n) is 5.29. The zero-order valence-electron chi connectivity index (χ0n) is 11.8. The smallest absolute Gasteiger partial charge is 0.202 e. The Morgan fingerprint density at radius 3 is 2.63 bits per heavy atom. The van der Waals surface area contributed by atoms with Gasteiger partial charge in [0.05, 0.1) is 0 Å². The maximum atomic E-state index is 4.52. The Balaban J connectivity index is 1.88. The van der Waals surface area contributed by atoms with Crippen molar-refractivity contribution in [1.82, 2.24) is 9.36 Å². The normalized spacial score (nSPS) is 10.9. The van der Waals surface area contributed by atoms with Crippen molar-refractivity contribution in [2.75, 3.05) is 11.9 Å². The largest absolute Gasteiger partial charge is 0.360 e. The molecule has 0 unspecified atom stereocenters. The molecule has 0 aliphatic rings. The second kappa shape index (κ2) is 6.66. The van der Waals surface area contributed by atoms with Gasteiger partial charge in [-0.05, 0) is 24.8 Å². The molecule has 2 aromatic rings. The summed E-state index contributed by atoms with van der Waals surface area (Å²) >= 11 is 1.45. The van der Waals surface area contributed by atoms with Crippen LogP contribution >= 0.6 is 11.5 Å². The van der Waals surface area contributed by atoms with Crippen LogP contribution in [0.1, 0.15) is 37.2 Å². The third-order valence-corrected chi connectivity index (χ3v) is 3.66. The first-order chi connectivity index (χ1) is 9.13. The molecule has 3 nitrogen and oxygen atoms in total. The molecule has 4 heteroatoms. The van der Waals surface area contributed by atoms with E-state index in [1.165, 1.54) is 22.7 Å². The molecule has 102 valence electrons. The van der Waals surface area contributed by atoms with E-state index >= 15 is 0 Å². The van der Waals surface area contributed by atoms with Gasteiger partial charge in [-0.3, -0.25) is 0 Å². The summed E-state index contributed by atoms with van der Waals surface area (Å²) < 4.78 is 4.40. The van der Waals surface area contributed by atoms with Crippen molar-refractivity contribution in [2.24, 2.45) is 5.92 Å². The van der Waals surface area contributed by atoms with E-state index in [9.17, 15) is 0 Å². The van der Waals surface area contributed by atoms with Crippen LogP contribution in [0.25, 0.3) is 0 Å². The van der Waals surface area contributed by atoms with E-state index in [0.717, 1.165) is 30.3 Å². The molecule has 0 aliphatic heterocycles. The average Bonchev–Trinajstić information content (AvgIpc) is 2.79. The van der Waals surface area contributed by atoms with Crippen LogP contribution in [0.4, 0.5) is 5.13 Å². The summed E-state index contributed by atoms with van der Waals surface area (Å²) in [5.74, 6) is 1.62. The van der Waals surface area contributed by atoms with E-state index in [4.69, 9.17) is 0 Å². The van der Waals surface area contributed by atoms with Gasteiger partial charge in [-0.1, -0.05) is 43.7 Å². The second-order valence-corrected chi connectivity index (χ2v) is 6.04. The molecule has 1 aromatic carbocycles. The molecule has 1 aromatic heterocycles. The molecule has 1 heterocycles. The topological polar surface area (TPSA) is 37.8 Å². The van der Waals surface area contributed by atoms with Crippen molar-refractivity contribution in [3.05, 3.63) is 41.2 Å². The Morgan fingerprint density at radius 2 is 1.95 bits per heavy atom. The number of nitrogens with one attached hydrogen (secondary N) is 1. The fourth-order valence-corrected chi connectivity index (χ4v) is 2.36. The standard InChI is InChI=1S/C15H21N3S/c1-11(2)8-9-16-15-17-14(18-19-15)10-13-6-4-12(3)5-7-13/h4-7,11H,8-10H2,1-3H3,(H,16,17,18). The number of aryl methyl sites for hydroxylation is 1. The molecule has 0 saturated carbocycles. The van der Waals surface area contributed by atoms with Gasteiger partial charge in [-0.15, -0.1) is 0 Å². The fourth-order valence-electron chi connectivity index (χ4n) is 1.75. The summed E-state index contributed by atoms with van der Waals surface area (Å²) in [4.78, 5) is 4.52. The quantitative estimate of drug-likeness (QED) is 0.869. The van der Waals surface area contributed by atoms with Crippen molar-refractivity contribution in [3.63, 3.8) is 0 Å². The summed E-state index contributed by atoms with van der Waals surface area (Å²) in [5.41, 5.74) is 2.54. The van der Waals surface area contributed by atoms with Gasteiger partial charge in [0.1, 0.15) is 5.82 Å². The van der Waals surface area contributed by atoms with Crippen molar-refractivity contribution >= 4 is 16.7 Å². The highest BCUT2D eigenvalue weighted by Gasteiger charge is 2.05. The molecule has 0 amide bonds. The van der Waals surface area contributed by atoms with Crippen LogP contribution in [0.5, 0.6) is 0 Å². The Bertz CT molecular complexity index is 502. The van der Waals surface area contributed by atoms with Crippen molar-refractivity contribution in [3.8, 4) is 0 Å². The van der Waals surface area contributed by atoms with Crippen LogP contribution in [-0.4, -0.2) is 15.9 Å². The van der Waals surface area contributed by atoms with Crippen molar-refractivity contribution < 1.29 is 0 Å². The van der Waals surface area contributed by atoms with Crippen LogP contribution in [0.3, 0.4) is 0 Å². The first-order valence-electron chi connectivity index (χ1n) is 6.75. The lowest BCUT2D eigenvalue weighted by atomic mass is 10.1. The van der Waals surface area contributed by atoms with E-state index in [1.54, 1.807) is 0 Å². The highest BCUT2D eigenvalue weighted by Crippen LogP contribution is 2.15. The van der Waals surface area contributed by atoms with E-state index in [1.807, 2.05) is 0 Å². The number of rotatable bonds is 6. The van der Waals surface area contributed by atoms with Crippen LogP contribution in [0.2, 0.25) is 0 Å². The number of anilines is 1. The zero-order chi connectivity index (χ0) is 13.7. The summed E-state index contributed by atoms with van der Waals surface area (Å²) in [6.07, 6.45) is 1.97. The van der Waals surface area contributed by atoms with Gasteiger partial charge in [-0.2, -0.15) is 4.37 Å². The number of benzene rings is 1. The van der Waals surface area contributed by atoms with E-state index in [2.05, 4.69) is 59.7 Å². The van der Waals surface area contributed by atoms with Crippen LogP contribution in [-0.2, 0) is 6.42 Å². The van der Waals surface area contributed by atoms with E-state index in [-0.39, 0.29) is 0 Å². The molecule has 0 atom stereocenters. The van der Waals surface area contributed by atoms with Crippen molar-refractivity contribution in [2.45, 2.75) is 33.6 Å². The first-order valence-corrected chi connectivity index (χ1v) is 7.53. The van der Waals surface area contributed by atoms with E-state index < -0.39 is 0 Å². The van der Waals surface area contributed by atoms with Crippen LogP contribution in [0.15, 0.2) is 24.3 Å². The minimum absolute atomic E-state index is 0.715. The minimum Gasteiger partial charge on any atom is -0.360 e. The van der Waals surface area contributed by atoms with Gasteiger partial charge in [-0.25, -0.2) is 4.98 Å². The number of aromatic nitrogens is 2. The summed E-state index contributed by atoms with van der Waals surface area (Å²) in [6, 6.07) is 8.54. The first kappa shape index (κ1) is 14.0. The summed E-state index contributed by atoms with van der Waals surface area (Å²) in [6.45, 7) is 7.52. The lowest BCUT2D eigenvalue weighted by Gasteiger charge is -2.04. The molecular weight excluding hydrogens is 254 g/mol. The molecule has 0 fully saturated rings. The van der Waals surface area contributed by atoms with Gasteiger partial charge in [0, 0.05) is 24.5 Å². The molecule has 0 radical (unpaired) electrons. The van der Waals surface area contributed by atoms with Gasteiger partial charge in [0.25, 0.3) is 0 Å². The predicted octanol–water partition coefficient (Wildman–Crippen LogP) is 3.90. The highest BCUT2D eigenvalue weighted by molar-refractivity contribution is 7.09. The number of nitrogens with zero attached hydrogens (tertiary/aromatic N) is 2. The van der Waals surface area contributed by atoms with Gasteiger partial charge in [0.2, 0.25) is 5.13 Å². The third kappa shape index (κ3) is 4.63. The minimum atomic E-state index is 0.715. The molecule has 1 N–H and O–H groups in total. The van der Waals surface area contributed by atoms with Gasteiger partial charge < -0.3 is 5.32 Å². The Morgan fingerprint density at radius 1 is 1.21 bits per heavy atom. The van der Waals surface area contributed by atoms with Crippen molar-refractivity contribution in [1.29, 1.82) is 0 Å². The molecule has 0 aliphatic carbocycles. The average molecular weight is 275 g/mol. The molecule has 0 saturated heterocycles. The van der Waals surface area contributed by atoms with Gasteiger partial charge in [0.15, 0.2) is 0 Å².